The third-order valence-corrected chi connectivity index (χ3v) is 19.9. The fourth-order valence-electron chi connectivity index (χ4n) is 13.7. The smallest absolute Gasteiger partial charge is 0.259 e. The van der Waals surface area contributed by atoms with E-state index < -0.39 is 0 Å². The number of benzene rings is 6. The number of hydrogen-bond donors (Lipinski definition) is 0. The molecule has 0 N–H and O–H groups in total. The molecular formula is C69H77BN2S. The van der Waals surface area contributed by atoms with Gasteiger partial charge < -0.3 is 9.80 Å². The van der Waals surface area contributed by atoms with Gasteiger partial charge in [-0.25, -0.2) is 0 Å². The van der Waals surface area contributed by atoms with E-state index in [1.54, 1.807) is 0 Å². The Morgan fingerprint density at radius 1 is 0.548 bits per heavy atom. The Balaban J connectivity index is 1.24. The Morgan fingerprint density at radius 3 is 1.62 bits per heavy atom. The van der Waals surface area contributed by atoms with E-state index in [0.717, 1.165) is 0 Å². The molecule has 2 nitrogen and oxygen atoms in total. The molecule has 2 atom stereocenters. The lowest BCUT2D eigenvalue weighted by Crippen LogP contribution is -2.56. The second-order valence-electron chi connectivity index (χ2n) is 27.5. The molecular weight excluding hydrogens is 900 g/mol. The van der Waals surface area contributed by atoms with Gasteiger partial charge in [0.1, 0.15) is 0 Å². The molecule has 3 aliphatic heterocycles. The van der Waals surface area contributed by atoms with E-state index in [0.29, 0.717) is 0 Å². The van der Waals surface area contributed by atoms with Gasteiger partial charge in [0.05, 0.1) is 5.69 Å². The predicted octanol–water partition coefficient (Wildman–Crippen LogP) is 17.9. The summed E-state index contributed by atoms with van der Waals surface area (Å²) in [5.41, 5.74) is 26.2. The molecule has 6 aromatic carbocycles. The molecule has 12 rings (SSSR count). The van der Waals surface area contributed by atoms with Gasteiger partial charge in [-0.05, 0) is 173 Å². The van der Waals surface area contributed by atoms with Crippen LogP contribution in [0.25, 0.3) is 22.3 Å². The number of thioether (sulfide) groups is 1. The maximum Gasteiger partial charge on any atom is 0.259 e. The third-order valence-electron chi connectivity index (χ3n) is 18.4. The number of allylic oxidation sites excluding steroid dienone is 3. The molecule has 0 saturated heterocycles. The zero-order valence-corrected chi connectivity index (χ0v) is 47.4. The van der Waals surface area contributed by atoms with Crippen LogP contribution in [0.15, 0.2) is 150 Å². The number of anilines is 5. The van der Waals surface area contributed by atoms with E-state index in [4.69, 9.17) is 0 Å². The van der Waals surface area contributed by atoms with Gasteiger partial charge in [0.2, 0.25) is 0 Å². The fraction of sp³-hybridized carbons (Fsp3) is 0.391. The number of aryl methyl sites for hydroxylation is 1. The highest BCUT2D eigenvalue weighted by atomic mass is 32.2. The zero-order valence-electron chi connectivity index (χ0n) is 46.6. The molecule has 372 valence electrons. The summed E-state index contributed by atoms with van der Waals surface area (Å²) >= 11 is 2.15. The van der Waals surface area contributed by atoms with Crippen molar-refractivity contribution < 1.29 is 0 Å². The molecule has 6 aromatic rings. The highest BCUT2D eigenvalue weighted by molar-refractivity contribution is 8.06. The molecule has 0 fully saturated rings. The summed E-state index contributed by atoms with van der Waals surface area (Å²) in [6.45, 7) is 36.6. The molecule has 0 spiro atoms. The minimum atomic E-state index is -0.0807. The molecule has 6 aliphatic rings. The van der Waals surface area contributed by atoms with Crippen molar-refractivity contribution in [3.05, 3.63) is 183 Å². The summed E-state index contributed by atoms with van der Waals surface area (Å²) in [7, 11) is 0. The van der Waals surface area contributed by atoms with Gasteiger partial charge in [-0.15, -0.1) is 11.8 Å². The fourth-order valence-corrected chi connectivity index (χ4v) is 15.3. The monoisotopic (exact) mass is 977 g/mol. The first kappa shape index (κ1) is 48.5. The van der Waals surface area contributed by atoms with E-state index in [-0.39, 0.29) is 50.4 Å². The summed E-state index contributed by atoms with van der Waals surface area (Å²) in [4.78, 5) is 7.07. The molecule has 0 aromatic heterocycles. The van der Waals surface area contributed by atoms with Crippen molar-refractivity contribution in [1.29, 1.82) is 0 Å². The zero-order chi connectivity index (χ0) is 51.5. The van der Waals surface area contributed by atoms with Gasteiger partial charge in [-0.1, -0.05) is 188 Å². The van der Waals surface area contributed by atoms with E-state index in [1.807, 2.05) is 0 Å². The van der Waals surface area contributed by atoms with E-state index >= 15 is 0 Å². The van der Waals surface area contributed by atoms with Gasteiger partial charge in [0.25, 0.3) is 6.71 Å². The minimum absolute atomic E-state index is 0.00338. The second-order valence-corrected chi connectivity index (χ2v) is 28.8. The van der Waals surface area contributed by atoms with Gasteiger partial charge in [0.15, 0.2) is 0 Å². The summed E-state index contributed by atoms with van der Waals surface area (Å²) in [6.07, 6.45) is 12.4. The third kappa shape index (κ3) is 7.64. The molecule has 73 heavy (non-hydrogen) atoms. The van der Waals surface area contributed by atoms with Crippen LogP contribution in [0.3, 0.4) is 0 Å². The molecule has 3 aliphatic carbocycles. The molecule has 0 bridgehead atoms. The van der Waals surface area contributed by atoms with Crippen LogP contribution in [0, 0.1) is 18.3 Å². The van der Waals surface area contributed by atoms with Crippen LogP contribution in [-0.2, 0) is 27.1 Å². The number of nitrogens with zero attached hydrogens (tertiary/aromatic N) is 2. The predicted molar refractivity (Wildman–Crippen MR) is 318 cm³/mol. The van der Waals surface area contributed by atoms with Crippen LogP contribution >= 0.6 is 11.8 Å². The quantitative estimate of drug-likeness (QED) is 0.163. The Morgan fingerprint density at radius 2 is 1.07 bits per heavy atom. The van der Waals surface area contributed by atoms with Crippen LogP contribution in [0.5, 0.6) is 0 Å². The molecule has 3 heterocycles. The first-order valence-corrected chi connectivity index (χ1v) is 28.4. The summed E-state index contributed by atoms with van der Waals surface area (Å²) in [6, 6.07) is 45.8. The lowest BCUT2D eigenvalue weighted by molar-refractivity contribution is 0.332. The Labute approximate surface area is 443 Å². The first-order chi connectivity index (χ1) is 34.3. The van der Waals surface area contributed by atoms with Crippen LogP contribution in [-0.4, -0.2) is 12.0 Å². The summed E-state index contributed by atoms with van der Waals surface area (Å²) < 4.78 is 0. The molecule has 4 heteroatoms. The Bertz CT molecular complexity index is 3310. The van der Waals surface area contributed by atoms with Gasteiger partial charge >= 0.3 is 0 Å². The van der Waals surface area contributed by atoms with Crippen molar-refractivity contribution in [3.63, 3.8) is 0 Å². The number of rotatable bonds is 4. The van der Waals surface area contributed by atoms with Crippen molar-refractivity contribution in [3.8, 4) is 22.3 Å². The normalized spacial score (nSPS) is 21.7. The minimum Gasteiger partial charge on any atom is -0.313 e. The largest absolute Gasteiger partial charge is 0.313 e. The van der Waals surface area contributed by atoms with Crippen LogP contribution in [0.1, 0.15) is 156 Å². The maximum absolute atomic E-state index is 2.83. The maximum atomic E-state index is 2.83. The summed E-state index contributed by atoms with van der Waals surface area (Å²) in [5, 5.41) is 0.271. The number of fused-ring (bicyclic) bond motifs is 7. The van der Waals surface area contributed by atoms with Crippen molar-refractivity contribution in [2.75, 3.05) is 9.80 Å². The van der Waals surface area contributed by atoms with Gasteiger partial charge in [-0.2, -0.15) is 0 Å². The standard InChI is InChI=1S/C69H77BN2S/c1-42-34-57-60-58(35-42)72(61-48(43-22-18-16-19-23-43)37-46(65(5,6)7)38-49(61)44-24-20-17-21-25-44)62-50-36-45(64(2,3)4)26-29-59(50)73-63(62)70(60)55-40-53-54(69(14,15)33-32-68(53,12)13)41-56(55)71(57)47-27-28-51-52(39-47)67(10,11)31-30-66(51,8)9/h16-29,34-41,50,59H,30-33H2,1-15H3. The summed E-state index contributed by atoms with van der Waals surface area (Å²) in [5.74, 6) is 0.173. The molecule has 0 radical (unpaired) electrons. The lowest BCUT2D eigenvalue weighted by atomic mass is 9.36. The van der Waals surface area contributed by atoms with E-state index in [2.05, 4.69) is 259 Å². The van der Waals surface area contributed by atoms with Crippen LogP contribution < -0.4 is 20.7 Å². The molecule has 0 amide bonds. The van der Waals surface area contributed by atoms with Crippen molar-refractivity contribution in [2.24, 2.45) is 11.3 Å². The first-order valence-electron chi connectivity index (χ1n) is 27.5. The lowest BCUT2D eigenvalue weighted by Gasteiger charge is -2.48. The van der Waals surface area contributed by atoms with Gasteiger partial charge in [-0.3, -0.25) is 0 Å². The average molecular weight is 977 g/mol. The SMILES string of the molecule is Cc1cc2c3c(c1)N(c1ccc4c(c1)C(C)(C)CCC4(C)C)c1cc4c(cc1B3C1=C(C3C=C(C(C)(C)C)C=CC3S1)N2c1c(-c2ccccc2)cc(C(C)(C)C)cc1-c1ccccc1)C(C)(C)CCC4(C)C. The highest BCUT2D eigenvalue weighted by Gasteiger charge is 2.53. The Hall–Kier alpha value is -5.45. The highest BCUT2D eigenvalue weighted by Crippen LogP contribution is 2.60. The van der Waals surface area contributed by atoms with Crippen LogP contribution in [0.4, 0.5) is 28.4 Å². The average Bonchev–Trinajstić information content (AvgIpc) is 3.72. The van der Waals surface area contributed by atoms with Crippen LogP contribution in [0.2, 0.25) is 0 Å². The topological polar surface area (TPSA) is 6.48 Å². The molecule has 0 saturated carbocycles. The van der Waals surface area contributed by atoms with Crippen molar-refractivity contribution >= 4 is 57.8 Å². The van der Waals surface area contributed by atoms with E-state index in [1.165, 1.54) is 137 Å². The second kappa shape index (κ2) is 16.3. The van der Waals surface area contributed by atoms with Crippen molar-refractivity contribution in [1.82, 2.24) is 0 Å². The van der Waals surface area contributed by atoms with Crippen molar-refractivity contribution in [2.45, 2.75) is 162 Å². The van der Waals surface area contributed by atoms with Gasteiger partial charge in [0, 0.05) is 50.7 Å². The molecule has 2 unspecified atom stereocenters. The Kier molecular flexibility index (Phi) is 10.8. The number of hydrogen-bond acceptors (Lipinski definition) is 3. The van der Waals surface area contributed by atoms with E-state index in [9.17, 15) is 0 Å².